The zero-order chi connectivity index (χ0) is 13.8. The van der Waals surface area contributed by atoms with Crippen molar-refractivity contribution in [1.29, 1.82) is 0 Å². The van der Waals surface area contributed by atoms with Gasteiger partial charge in [0.1, 0.15) is 5.75 Å². The van der Waals surface area contributed by atoms with Crippen LogP contribution in [0.4, 0.5) is 0 Å². The largest absolute Gasteiger partial charge is 0.497 e. The van der Waals surface area contributed by atoms with Crippen LogP contribution in [0.3, 0.4) is 0 Å². The number of benzene rings is 1. The topological polar surface area (TPSA) is 64.3 Å². The smallest absolute Gasteiger partial charge is 0.252 e. The van der Waals surface area contributed by atoms with Crippen molar-refractivity contribution < 1.29 is 9.53 Å². The predicted octanol–water partition coefficient (Wildman–Crippen LogP) is 2.46. The molecule has 0 radical (unpaired) electrons. The molecule has 1 aliphatic carbocycles. The monoisotopic (exact) mass is 326 g/mol. The van der Waals surface area contributed by atoms with Crippen LogP contribution in [0.15, 0.2) is 22.7 Å². The van der Waals surface area contributed by atoms with Gasteiger partial charge in [-0.05, 0) is 47.0 Å². The Kier molecular flexibility index (Phi) is 4.82. The van der Waals surface area contributed by atoms with E-state index in [1.165, 1.54) is 0 Å². The lowest BCUT2D eigenvalue weighted by Crippen LogP contribution is -2.49. The summed E-state index contributed by atoms with van der Waals surface area (Å²) in [6, 6.07) is 5.48. The number of nitrogens with one attached hydrogen (secondary N) is 1. The predicted molar refractivity (Wildman–Crippen MR) is 78.4 cm³/mol. The Bertz CT molecular complexity index is 465. The number of nitrogens with two attached hydrogens (primary N) is 1. The minimum Gasteiger partial charge on any atom is -0.497 e. The van der Waals surface area contributed by atoms with E-state index >= 15 is 0 Å². The summed E-state index contributed by atoms with van der Waals surface area (Å²) >= 11 is 3.39. The number of amides is 1. The maximum atomic E-state index is 12.3. The van der Waals surface area contributed by atoms with Gasteiger partial charge in [-0.25, -0.2) is 0 Å². The molecule has 19 heavy (non-hydrogen) atoms. The van der Waals surface area contributed by atoms with Crippen LogP contribution < -0.4 is 15.8 Å². The Hall–Kier alpha value is -1.07. The molecular weight excluding hydrogens is 308 g/mol. The number of hydrogen-bond donors (Lipinski definition) is 2. The summed E-state index contributed by atoms with van der Waals surface area (Å²) in [5.41, 5.74) is 6.63. The van der Waals surface area contributed by atoms with Gasteiger partial charge in [-0.3, -0.25) is 4.79 Å². The van der Waals surface area contributed by atoms with Crippen LogP contribution in [0.1, 0.15) is 36.0 Å². The molecule has 0 bridgehead atoms. The molecule has 104 valence electrons. The second-order valence-corrected chi connectivity index (χ2v) is 5.73. The highest BCUT2D eigenvalue weighted by molar-refractivity contribution is 9.10. The summed E-state index contributed by atoms with van der Waals surface area (Å²) in [6.45, 7) is 0. The second-order valence-electron chi connectivity index (χ2n) is 4.87. The van der Waals surface area contributed by atoms with Crippen LogP contribution in [-0.4, -0.2) is 25.1 Å². The van der Waals surface area contributed by atoms with Crippen molar-refractivity contribution in [2.45, 2.75) is 37.8 Å². The molecule has 3 N–H and O–H groups in total. The first kappa shape index (κ1) is 14.3. The molecule has 0 heterocycles. The lowest BCUT2D eigenvalue weighted by atomic mass is 9.91. The van der Waals surface area contributed by atoms with E-state index in [4.69, 9.17) is 10.5 Å². The summed E-state index contributed by atoms with van der Waals surface area (Å²) in [6.07, 6.45) is 4.20. The maximum Gasteiger partial charge on any atom is 0.252 e. The lowest BCUT2D eigenvalue weighted by Gasteiger charge is -2.29. The Morgan fingerprint density at radius 3 is 2.84 bits per heavy atom. The number of methoxy groups -OCH3 is 1. The van der Waals surface area contributed by atoms with Crippen molar-refractivity contribution in [3.05, 3.63) is 28.2 Å². The molecule has 1 aliphatic rings. The van der Waals surface area contributed by atoms with Gasteiger partial charge in [0.05, 0.1) is 12.7 Å². The molecule has 0 saturated heterocycles. The molecule has 1 aromatic rings. The molecule has 4 nitrogen and oxygen atoms in total. The molecule has 0 aliphatic heterocycles. The number of carbonyl (C=O) groups is 1. The van der Waals surface area contributed by atoms with Crippen molar-refractivity contribution in [2.75, 3.05) is 7.11 Å². The van der Waals surface area contributed by atoms with E-state index in [0.29, 0.717) is 11.3 Å². The van der Waals surface area contributed by atoms with Crippen molar-refractivity contribution in [1.82, 2.24) is 5.32 Å². The summed E-state index contributed by atoms with van der Waals surface area (Å²) in [4.78, 5) is 12.3. The molecule has 1 aromatic carbocycles. The molecule has 5 heteroatoms. The van der Waals surface area contributed by atoms with Gasteiger partial charge in [0.25, 0.3) is 5.91 Å². The van der Waals surface area contributed by atoms with E-state index in [9.17, 15) is 4.79 Å². The molecule has 0 aromatic heterocycles. The average Bonchev–Trinajstić information content (AvgIpc) is 2.42. The molecule has 2 rings (SSSR count). The standard InChI is InChI=1S/C14H19BrN2O2/c1-19-9-6-7-11(15)10(8-9)14(18)17-13-5-3-2-4-12(13)16/h6-8,12-13H,2-5,16H2,1H3,(H,17,18)/t12-,13-/m1/s1. The van der Waals surface area contributed by atoms with Crippen LogP contribution in [0.5, 0.6) is 5.75 Å². The molecule has 0 unspecified atom stereocenters. The number of ether oxygens (including phenoxy) is 1. The summed E-state index contributed by atoms with van der Waals surface area (Å²) in [5.74, 6) is 0.564. The normalized spacial score (nSPS) is 22.9. The molecule has 1 saturated carbocycles. The van der Waals surface area contributed by atoms with Gasteiger partial charge in [0, 0.05) is 16.6 Å². The van der Waals surface area contributed by atoms with Gasteiger partial charge in [-0.1, -0.05) is 12.8 Å². The minimum atomic E-state index is -0.104. The van der Waals surface area contributed by atoms with Crippen molar-refractivity contribution in [3.63, 3.8) is 0 Å². The third kappa shape index (κ3) is 3.48. The quantitative estimate of drug-likeness (QED) is 0.896. The maximum absolute atomic E-state index is 12.3. The lowest BCUT2D eigenvalue weighted by molar-refractivity contribution is 0.0920. The molecule has 0 spiro atoms. The molecule has 1 amide bonds. The highest BCUT2D eigenvalue weighted by Crippen LogP contribution is 2.23. The fourth-order valence-electron chi connectivity index (χ4n) is 2.39. The second kappa shape index (κ2) is 6.39. The SMILES string of the molecule is COc1ccc(Br)c(C(=O)N[C@@H]2CCCC[C@H]2N)c1. The van der Waals surface area contributed by atoms with Gasteiger partial charge < -0.3 is 15.8 Å². The van der Waals surface area contributed by atoms with Crippen LogP contribution in [-0.2, 0) is 0 Å². The van der Waals surface area contributed by atoms with Crippen molar-refractivity contribution in [3.8, 4) is 5.75 Å². The fraction of sp³-hybridized carbons (Fsp3) is 0.500. The van der Waals surface area contributed by atoms with Crippen molar-refractivity contribution in [2.24, 2.45) is 5.73 Å². The Labute approximate surface area is 121 Å². The Balaban J connectivity index is 2.10. The first-order valence-corrected chi connectivity index (χ1v) is 7.31. The average molecular weight is 327 g/mol. The van der Waals surface area contributed by atoms with E-state index in [1.807, 2.05) is 12.1 Å². The zero-order valence-corrected chi connectivity index (χ0v) is 12.6. The zero-order valence-electron chi connectivity index (χ0n) is 11.0. The van der Waals surface area contributed by atoms with E-state index < -0.39 is 0 Å². The van der Waals surface area contributed by atoms with Gasteiger partial charge in [-0.2, -0.15) is 0 Å². The molecule has 2 atom stereocenters. The van der Waals surface area contributed by atoms with Gasteiger partial charge in [0.2, 0.25) is 0 Å². The third-order valence-electron chi connectivity index (χ3n) is 3.55. The number of rotatable bonds is 3. The first-order chi connectivity index (χ1) is 9.11. The Morgan fingerprint density at radius 1 is 1.42 bits per heavy atom. The van der Waals surface area contributed by atoms with E-state index in [2.05, 4.69) is 21.2 Å². The summed E-state index contributed by atoms with van der Waals surface area (Å²) in [5, 5.41) is 3.03. The minimum absolute atomic E-state index is 0.0575. The van der Waals surface area contributed by atoms with Gasteiger partial charge in [-0.15, -0.1) is 0 Å². The van der Waals surface area contributed by atoms with E-state index in [0.717, 1.165) is 30.2 Å². The van der Waals surface area contributed by atoms with Crippen LogP contribution in [0.2, 0.25) is 0 Å². The Morgan fingerprint density at radius 2 is 2.16 bits per heavy atom. The van der Waals surface area contributed by atoms with Crippen LogP contribution in [0.25, 0.3) is 0 Å². The number of halogens is 1. The number of carbonyl (C=O) groups excluding carboxylic acids is 1. The third-order valence-corrected chi connectivity index (χ3v) is 4.25. The highest BCUT2D eigenvalue weighted by atomic mass is 79.9. The fourth-order valence-corrected chi connectivity index (χ4v) is 2.82. The first-order valence-electron chi connectivity index (χ1n) is 6.52. The van der Waals surface area contributed by atoms with E-state index in [-0.39, 0.29) is 18.0 Å². The highest BCUT2D eigenvalue weighted by Gasteiger charge is 2.24. The van der Waals surface area contributed by atoms with Crippen LogP contribution >= 0.6 is 15.9 Å². The summed E-state index contributed by atoms with van der Waals surface area (Å²) < 4.78 is 5.91. The van der Waals surface area contributed by atoms with Crippen molar-refractivity contribution >= 4 is 21.8 Å². The summed E-state index contributed by atoms with van der Waals surface area (Å²) in [7, 11) is 1.59. The van der Waals surface area contributed by atoms with Gasteiger partial charge in [0.15, 0.2) is 0 Å². The van der Waals surface area contributed by atoms with E-state index in [1.54, 1.807) is 13.2 Å². The molecule has 1 fully saturated rings. The van der Waals surface area contributed by atoms with Gasteiger partial charge >= 0.3 is 0 Å². The number of hydrogen-bond acceptors (Lipinski definition) is 3. The molecular formula is C14H19BrN2O2. The van der Waals surface area contributed by atoms with Crippen LogP contribution in [0, 0.1) is 0 Å².